The fourth-order valence-corrected chi connectivity index (χ4v) is 4.61. The molecule has 8 nitrogen and oxygen atoms in total. The molecule has 0 aromatic heterocycles. The molecule has 0 rings (SSSR count). The molecular weight excluding hydrogens is 543 g/mol. The second kappa shape index (κ2) is 28.6. The molecule has 0 spiro atoms. The van der Waals surface area contributed by atoms with Crippen LogP contribution in [0.5, 0.6) is 0 Å². The van der Waals surface area contributed by atoms with Gasteiger partial charge in [-0.2, -0.15) is 0 Å². The number of hydrogen-bond acceptors (Lipinski definition) is 6. The van der Waals surface area contributed by atoms with Crippen LogP contribution in [0, 0.1) is 0 Å². The van der Waals surface area contributed by atoms with Crippen molar-refractivity contribution in [2.75, 3.05) is 13.2 Å². The van der Waals surface area contributed by atoms with E-state index in [0.29, 0.717) is 12.8 Å². The first kappa shape index (κ1) is 39.5. The van der Waals surface area contributed by atoms with E-state index in [-0.39, 0.29) is 19.4 Å². The van der Waals surface area contributed by atoms with Crippen molar-refractivity contribution in [1.82, 2.24) is 0 Å². The molecule has 2 N–H and O–H groups in total. The van der Waals surface area contributed by atoms with Crippen LogP contribution in [0.3, 0.4) is 0 Å². The van der Waals surface area contributed by atoms with Gasteiger partial charge in [0.15, 0.2) is 6.10 Å². The van der Waals surface area contributed by atoms with Crippen molar-refractivity contribution in [3.05, 3.63) is 24.3 Å². The van der Waals surface area contributed by atoms with E-state index in [4.69, 9.17) is 19.3 Å². The average Bonchev–Trinajstić information content (AvgIpc) is 2.93. The Morgan fingerprint density at radius 3 is 1.59 bits per heavy atom. The minimum Gasteiger partial charge on any atom is -0.462 e. The molecule has 0 saturated carbocycles. The standard InChI is InChI=1S/C32H59O8P/c1-3-5-7-9-11-13-15-16-17-19-21-23-25-27-32(34)40-30(29-39-41(35,36)37)28-38-31(33)26-24-22-20-18-14-12-10-8-6-4-2/h8,10,13,15,30H,3-7,9,11-12,14,16-29H2,1-2H3,(H2,35,36,37)/b10-8-,15-13-. The number of esters is 2. The molecule has 0 aliphatic heterocycles. The lowest BCUT2D eigenvalue weighted by molar-refractivity contribution is -0.161. The van der Waals surface area contributed by atoms with Gasteiger partial charge in [0.1, 0.15) is 6.61 Å². The van der Waals surface area contributed by atoms with Gasteiger partial charge in [0.25, 0.3) is 0 Å². The molecule has 0 aromatic carbocycles. The highest BCUT2D eigenvalue weighted by Gasteiger charge is 2.22. The summed E-state index contributed by atoms with van der Waals surface area (Å²) in [5, 5.41) is 0. The van der Waals surface area contributed by atoms with Crippen LogP contribution < -0.4 is 0 Å². The first-order chi connectivity index (χ1) is 19.8. The number of carbonyl (C=O) groups excluding carboxylic acids is 2. The van der Waals surface area contributed by atoms with Crippen molar-refractivity contribution in [3.8, 4) is 0 Å². The van der Waals surface area contributed by atoms with E-state index >= 15 is 0 Å². The van der Waals surface area contributed by atoms with Gasteiger partial charge in [-0.25, -0.2) is 4.57 Å². The van der Waals surface area contributed by atoms with E-state index < -0.39 is 32.5 Å². The third-order valence-corrected chi connectivity index (χ3v) is 7.16. The Hall–Kier alpha value is -1.47. The van der Waals surface area contributed by atoms with Gasteiger partial charge in [-0.15, -0.1) is 0 Å². The van der Waals surface area contributed by atoms with Crippen molar-refractivity contribution in [1.29, 1.82) is 0 Å². The Labute approximate surface area is 249 Å². The van der Waals surface area contributed by atoms with Gasteiger partial charge in [0, 0.05) is 12.8 Å². The summed E-state index contributed by atoms with van der Waals surface area (Å²) < 4.78 is 26.1. The first-order valence-electron chi connectivity index (χ1n) is 16.1. The van der Waals surface area contributed by atoms with Gasteiger partial charge in [0.2, 0.25) is 0 Å². The summed E-state index contributed by atoms with van der Waals surface area (Å²) in [5.74, 6) is -0.910. The van der Waals surface area contributed by atoms with Crippen LogP contribution in [-0.2, 0) is 28.2 Å². The van der Waals surface area contributed by atoms with Crippen molar-refractivity contribution < 1.29 is 37.9 Å². The van der Waals surface area contributed by atoms with Gasteiger partial charge < -0.3 is 19.3 Å². The normalized spacial score (nSPS) is 12.8. The highest BCUT2D eigenvalue weighted by molar-refractivity contribution is 7.46. The number of unbranched alkanes of at least 4 members (excludes halogenated alkanes) is 15. The highest BCUT2D eigenvalue weighted by Crippen LogP contribution is 2.35. The van der Waals surface area contributed by atoms with Crippen molar-refractivity contribution in [3.63, 3.8) is 0 Å². The molecule has 0 radical (unpaired) electrons. The summed E-state index contributed by atoms with van der Waals surface area (Å²) in [6, 6.07) is 0. The first-order valence-corrected chi connectivity index (χ1v) is 17.7. The van der Waals surface area contributed by atoms with Gasteiger partial charge in [0.05, 0.1) is 6.61 Å². The summed E-state index contributed by atoms with van der Waals surface area (Å²) in [4.78, 5) is 42.4. The van der Waals surface area contributed by atoms with E-state index in [0.717, 1.165) is 70.6 Å². The number of hydrogen-bond donors (Lipinski definition) is 2. The summed E-state index contributed by atoms with van der Waals surface area (Å²) in [6.45, 7) is 3.56. The Morgan fingerprint density at radius 2 is 1.07 bits per heavy atom. The lowest BCUT2D eigenvalue weighted by atomic mass is 10.1. The maximum atomic E-state index is 12.3. The maximum Gasteiger partial charge on any atom is 0.469 e. The van der Waals surface area contributed by atoms with E-state index in [9.17, 15) is 14.2 Å². The molecule has 0 aromatic rings. The van der Waals surface area contributed by atoms with Crippen LogP contribution in [0.1, 0.15) is 149 Å². The van der Waals surface area contributed by atoms with Crippen LogP contribution in [0.25, 0.3) is 0 Å². The van der Waals surface area contributed by atoms with Crippen molar-refractivity contribution >= 4 is 19.8 Å². The highest BCUT2D eigenvalue weighted by atomic mass is 31.2. The number of ether oxygens (including phenoxy) is 2. The van der Waals surface area contributed by atoms with E-state index in [1.54, 1.807) is 0 Å². The van der Waals surface area contributed by atoms with Crippen LogP contribution >= 0.6 is 7.82 Å². The molecular formula is C32H59O8P. The van der Waals surface area contributed by atoms with Crippen LogP contribution in [-0.4, -0.2) is 41.0 Å². The molecule has 0 amide bonds. The van der Waals surface area contributed by atoms with Crippen LogP contribution in [0.2, 0.25) is 0 Å². The molecule has 1 atom stereocenters. The predicted octanol–water partition coefficient (Wildman–Crippen LogP) is 8.90. The third-order valence-electron chi connectivity index (χ3n) is 6.67. The Kier molecular flexibility index (Phi) is 27.6. The summed E-state index contributed by atoms with van der Waals surface area (Å²) >= 11 is 0. The van der Waals surface area contributed by atoms with Gasteiger partial charge >= 0.3 is 19.8 Å². The summed E-state index contributed by atoms with van der Waals surface area (Å²) in [6.07, 6.45) is 29.1. The second-order valence-corrected chi connectivity index (χ2v) is 12.0. The fourth-order valence-electron chi connectivity index (χ4n) is 4.25. The molecule has 9 heteroatoms. The van der Waals surface area contributed by atoms with E-state index in [2.05, 4.69) is 42.7 Å². The smallest absolute Gasteiger partial charge is 0.462 e. The SMILES string of the molecule is CCC/C=C\CCCCCCCC(=O)OCC(COP(=O)(O)O)OC(=O)CCCCCCC/C=C\CCCCCC. The van der Waals surface area contributed by atoms with E-state index in [1.165, 1.54) is 38.5 Å². The summed E-state index contributed by atoms with van der Waals surface area (Å²) in [7, 11) is -4.74. The number of allylic oxidation sites excluding steroid dienone is 4. The quantitative estimate of drug-likeness (QED) is 0.0377. The second-order valence-electron chi connectivity index (χ2n) is 10.8. The van der Waals surface area contributed by atoms with E-state index in [1.807, 2.05) is 0 Å². The molecule has 0 heterocycles. The zero-order valence-electron chi connectivity index (χ0n) is 25.9. The number of phosphoric ester groups is 1. The lowest BCUT2D eigenvalue weighted by Crippen LogP contribution is -2.29. The minimum atomic E-state index is -4.74. The van der Waals surface area contributed by atoms with Crippen molar-refractivity contribution in [2.24, 2.45) is 0 Å². The molecule has 0 aliphatic carbocycles. The number of carbonyl (C=O) groups is 2. The zero-order valence-corrected chi connectivity index (χ0v) is 26.8. The number of rotatable bonds is 29. The molecule has 0 saturated heterocycles. The summed E-state index contributed by atoms with van der Waals surface area (Å²) in [5.41, 5.74) is 0. The van der Waals surface area contributed by atoms with Gasteiger partial charge in [-0.3, -0.25) is 14.1 Å². The topological polar surface area (TPSA) is 119 Å². The minimum absolute atomic E-state index is 0.201. The van der Waals surface area contributed by atoms with Crippen LogP contribution in [0.4, 0.5) is 0 Å². The predicted molar refractivity (Wildman–Crippen MR) is 165 cm³/mol. The van der Waals surface area contributed by atoms with Crippen molar-refractivity contribution in [2.45, 2.75) is 155 Å². The molecule has 0 aliphatic rings. The maximum absolute atomic E-state index is 12.3. The Balaban J connectivity index is 4.06. The molecule has 41 heavy (non-hydrogen) atoms. The Morgan fingerprint density at radius 1 is 0.610 bits per heavy atom. The molecule has 0 bridgehead atoms. The zero-order chi connectivity index (χ0) is 30.4. The lowest BCUT2D eigenvalue weighted by Gasteiger charge is -2.18. The Bertz CT molecular complexity index is 731. The van der Waals surface area contributed by atoms with Gasteiger partial charge in [-0.05, 0) is 57.8 Å². The van der Waals surface area contributed by atoms with Gasteiger partial charge in [-0.1, -0.05) is 102 Å². The molecule has 1 unspecified atom stereocenters. The van der Waals surface area contributed by atoms with Crippen LogP contribution in [0.15, 0.2) is 24.3 Å². The molecule has 0 fully saturated rings. The monoisotopic (exact) mass is 602 g/mol. The fraction of sp³-hybridized carbons (Fsp3) is 0.812. The number of phosphoric acid groups is 1. The molecule has 240 valence electrons. The average molecular weight is 603 g/mol. The third kappa shape index (κ3) is 31.3. The largest absolute Gasteiger partial charge is 0.469 e.